The molecule has 0 radical (unpaired) electrons. The van der Waals surface area contributed by atoms with Gasteiger partial charge in [0.15, 0.2) is 0 Å². The lowest BCUT2D eigenvalue weighted by Crippen LogP contribution is -3.00. The molecule has 2 aromatic rings. The minimum absolute atomic E-state index is 1.28. The average Bonchev–Trinajstić information content (AvgIpc) is 2.30. The zero-order chi connectivity index (χ0) is 11.5. The van der Waals surface area contributed by atoms with E-state index in [2.05, 4.69) is 69.6 Å². The SMILES string of the molecule is Cc1ccc(-c2ccc([NH+](C)C)cc2)cc1. The average molecular weight is 212 g/mol. The molecule has 0 bridgehead atoms. The number of aryl methyl sites for hydroxylation is 1. The molecule has 0 aliphatic heterocycles. The molecule has 0 heterocycles. The third-order valence-corrected chi connectivity index (χ3v) is 2.85. The van der Waals surface area contributed by atoms with E-state index in [4.69, 9.17) is 0 Å². The first-order valence-corrected chi connectivity index (χ1v) is 5.64. The van der Waals surface area contributed by atoms with E-state index in [9.17, 15) is 0 Å². The van der Waals surface area contributed by atoms with Crippen LogP contribution in [0.2, 0.25) is 0 Å². The Morgan fingerprint density at radius 3 is 1.56 bits per heavy atom. The van der Waals surface area contributed by atoms with Gasteiger partial charge in [0.05, 0.1) is 14.1 Å². The maximum absolute atomic E-state index is 2.19. The Balaban J connectivity index is 2.31. The van der Waals surface area contributed by atoms with Gasteiger partial charge in [0.25, 0.3) is 0 Å². The minimum atomic E-state index is 1.28. The molecule has 0 saturated heterocycles. The summed E-state index contributed by atoms with van der Waals surface area (Å²) < 4.78 is 0. The maximum Gasteiger partial charge on any atom is 0.130 e. The molecule has 82 valence electrons. The highest BCUT2D eigenvalue weighted by atomic mass is 15.1. The van der Waals surface area contributed by atoms with Crippen LogP contribution in [0, 0.1) is 6.92 Å². The monoisotopic (exact) mass is 212 g/mol. The van der Waals surface area contributed by atoms with Crippen LogP contribution >= 0.6 is 0 Å². The molecule has 0 atom stereocenters. The lowest BCUT2D eigenvalue weighted by molar-refractivity contribution is -0.786. The summed E-state index contributed by atoms with van der Waals surface area (Å²) >= 11 is 0. The van der Waals surface area contributed by atoms with Crippen molar-refractivity contribution >= 4 is 5.69 Å². The Morgan fingerprint density at radius 1 is 0.688 bits per heavy atom. The van der Waals surface area contributed by atoms with Crippen LogP contribution in [0.1, 0.15) is 5.56 Å². The molecular formula is C15H18N+. The van der Waals surface area contributed by atoms with E-state index in [1.165, 1.54) is 27.3 Å². The molecule has 0 aromatic heterocycles. The first-order valence-electron chi connectivity index (χ1n) is 5.64. The number of rotatable bonds is 2. The van der Waals surface area contributed by atoms with Crippen LogP contribution in [0.4, 0.5) is 5.69 Å². The van der Waals surface area contributed by atoms with Gasteiger partial charge in [0.1, 0.15) is 5.69 Å². The molecule has 1 N–H and O–H groups in total. The fourth-order valence-corrected chi connectivity index (χ4v) is 1.74. The third kappa shape index (κ3) is 2.31. The number of hydrogen-bond donors (Lipinski definition) is 1. The molecule has 1 heteroatoms. The summed E-state index contributed by atoms with van der Waals surface area (Å²) in [6.07, 6.45) is 0. The molecule has 0 fully saturated rings. The fourth-order valence-electron chi connectivity index (χ4n) is 1.74. The standard InChI is InChI=1S/C15H17N/c1-12-4-6-13(7-5-12)14-8-10-15(11-9-14)16(2)3/h4-11H,1-3H3/p+1. The van der Waals surface area contributed by atoms with E-state index in [0.29, 0.717) is 0 Å². The van der Waals surface area contributed by atoms with Crippen LogP contribution in [0.15, 0.2) is 48.5 Å². The quantitative estimate of drug-likeness (QED) is 0.780. The van der Waals surface area contributed by atoms with Gasteiger partial charge in [0.2, 0.25) is 0 Å². The predicted molar refractivity (Wildman–Crippen MR) is 69.1 cm³/mol. The Kier molecular flexibility index (Phi) is 3.07. The number of benzene rings is 2. The van der Waals surface area contributed by atoms with Gasteiger partial charge in [-0.05, 0) is 42.3 Å². The van der Waals surface area contributed by atoms with Crippen LogP contribution in [0.3, 0.4) is 0 Å². The summed E-state index contributed by atoms with van der Waals surface area (Å²) in [5.74, 6) is 0. The van der Waals surface area contributed by atoms with Crippen molar-refractivity contribution in [1.82, 2.24) is 0 Å². The van der Waals surface area contributed by atoms with Gasteiger partial charge in [-0.25, -0.2) is 0 Å². The van der Waals surface area contributed by atoms with Crippen LogP contribution in [-0.2, 0) is 0 Å². The molecule has 0 aliphatic rings. The van der Waals surface area contributed by atoms with Crippen molar-refractivity contribution in [2.24, 2.45) is 0 Å². The van der Waals surface area contributed by atoms with Crippen molar-refractivity contribution in [3.8, 4) is 11.1 Å². The summed E-state index contributed by atoms with van der Waals surface area (Å²) in [5.41, 5.74) is 5.19. The van der Waals surface area contributed by atoms with Crippen molar-refractivity contribution < 1.29 is 4.90 Å². The summed E-state index contributed by atoms with van der Waals surface area (Å²) in [6.45, 7) is 2.11. The van der Waals surface area contributed by atoms with E-state index in [-0.39, 0.29) is 0 Å². The number of hydrogen-bond acceptors (Lipinski definition) is 0. The third-order valence-electron chi connectivity index (χ3n) is 2.85. The molecule has 0 saturated carbocycles. The molecule has 1 nitrogen and oxygen atoms in total. The van der Waals surface area contributed by atoms with Gasteiger partial charge in [0, 0.05) is 0 Å². The summed E-state index contributed by atoms with van der Waals surface area (Å²) in [7, 11) is 4.28. The number of quaternary nitrogens is 1. The van der Waals surface area contributed by atoms with Crippen molar-refractivity contribution in [1.29, 1.82) is 0 Å². The van der Waals surface area contributed by atoms with Crippen LogP contribution < -0.4 is 4.90 Å². The van der Waals surface area contributed by atoms with Crippen molar-refractivity contribution in [3.63, 3.8) is 0 Å². The lowest BCUT2D eigenvalue weighted by atomic mass is 10.0. The highest BCUT2D eigenvalue weighted by molar-refractivity contribution is 5.64. The molecule has 16 heavy (non-hydrogen) atoms. The topological polar surface area (TPSA) is 4.44 Å². The minimum Gasteiger partial charge on any atom is -0.307 e. The highest BCUT2D eigenvalue weighted by Gasteiger charge is 2.01. The van der Waals surface area contributed by atoms with Crippen LogP contribution in [0.5, 0.6) is 0 Å². The van der Waals surface area contributed by atoms with Gasteiger partial charge in [-0.3, -0.25) is 0 Å². The van der Waals surface area contributed by atoms with E-state index in [0.717, 1.165) is 0 Å². The summed E-state index contributed by atoms with van der Waals surface area (Å²) in [4.78, 5) is 1.36. The molecular weight excluding hydrogens is 194 g/mol. The zero-order valence-electron chi connectivity index (χ0n) is 10.1. The van der Waals surface area contributed by atoms with Crippen molar-refractivity contribution in [2.75, 3.05) is 14.1 Å². The lowest BCUT2D eigenvalue weighted by Gasteiger charge is -2.07. The Bertz CT molecular complexity index is 452. The van der Waals surface area contributed by atoms with Gasteiger partial charge in [-0.2, -0.15) is 0 Å². The Labute approximate surface area is 97.3 Å². The summed E-state index contributed by atoms with van der Waals surface area (Å²) in [5, 5.41) is 0. The van der Waals surface area contributed by atoms with E-state index in [1.807, 2.05) is 0 Å². The maximum atomic E-state index is 2.19. The second kappa shape index (κ2) is 4.50. The Hall–Kier alpha value is -1.60. The Morgan fingerprint density at radius 2 is 1.12 bits per heavy atom. The predicted octanol–water partition coefficient (Wildman–Crippen LogP) is 2.44. The van der Waals surface area contributed by atoms with Crippen LogP contribution in [0.25, 0.3) is 11.1 Å². The van der Waals surface area contributed by atoms with Crippen LogP contribution in [-0.4, -0.2) is 14.1 Å². The van der Waals surface area contributed by atoms with Gasteiger partial charge < -0.3 is 4.90 Å². The number of nitrogens with one attached hydrogen (secondary N) is 1. The first kappa shape index (κ1) is 10.9. The molecule has 0 aliphatic carbocycles. The first-order chi connectivity index (χ1) is 7.66. The molecule has 0 amide bonds. The van der Waals surface area contributed by atoms with Gasteiger partial charge >= 0.3 is 0 Å². The molecule has 0 unspecified atom stereocenters. The largest absolute Gasteiger partial charge is 0.307 e. The summed E-state index contributed by atoms with van der Waals surface area (Å²) in [6, 6.07) is 17.4. The normalized spacial score (nSPS) is 10.8. The second-order valence-electron chi connectivity index (χ2n) is 4.44. The van der Waals surface area contributed by atoms with Crippen molar-refractivity contribution in [2.45, 2.75) is 6.92 Å². The highest BCUT2D eigenvalue weighted by Crippen LogP contribution is 2.20. The molecule has 2 aromatic carbocycles. The fraction of sp³-hybridized carbons (Fsp3) is 0.200. The van der Waals surface area contributed by atoms with E-state index >= 15 is 0 Å². The zero-order valence-corrected chi connectivity index (χ0v) is 10.1. The van der Waals surface area contributed by atoms with Gasteiger partial charge in [-0.15, -0.1) is 0 Å². The smallest absolute Gasteiger partial charge is 0.130 e. The van der Waals surface area contributed by atoms with E-state index in [1.54, 1.807) is 0 Å². The van der Waals surface area contributed by atoms with Crippen molar-refractivity contribution in [3.05, 3.63) is 54.1 Å². The molecule has 2 rings (SSSR count). The second-order valence-corrected chi connectivity index (χ2v) is 4.44. The molecule has 0 spiro atoms. The van der Waals surface area contributed by atoms with E-state index < -0.39 is 0 Å². The van der Waals surface area contributed by atoms with Gasteiger partial charge in [-0.1, -0.05) is 29.8 Å².